The van der Waals surface area contributed by atoms with Crippen LogP contribution in [0.25, 0.3) is 0 Å². The summed E-state index contributed by atoms with van der Waals surface area (Å²) in [5.74, 6) is 7.42. The highest BCUT2D eigenvalue weighted by molar-refractivity contribution is 8.06. The Morgan fingerprint density at radius 2 is 2.17 bits per heavy atom. The Kier molecular flexibility index (Phi) is 4.89. The van der Waals surface area contributed by atoms with E-state index in [0.717, 1.165) is 17.3 Å². The van der Waals surface area contributed by atoms with Crippen LogP contribution in [0.1, 0.15) is 17.2 Å². The maximum Gasteiger partial charge on any atom is 0.133 e. The normalized spacial score (nSPS) is 21.9. The Bertz CT molecular complexity index is 423. The molecule has 0 bridgehead atoms. The molecule has 1 saturated heterocycles. The number of hydrogen-bond donors (Lipinski definition) is 2. The van der Waals surface area contributed by atoms with Gasteiger partial charge in [-0.1, -0.05) is 6.07 Å². The van der Waals surface area contributed by atoms with Gasteiger partial charge in [0, 0.05) is 28.1 Å². The lowest BCUT2D eigenvalue weighted by molar-refractivity contribution is 0.471. The van der Waals surface area contributed by atoms with Crippen molar-refractivity contribution in [3.63, 3.8) is 0 Å². The lowest BCUT2D eigenvalue weighted by Gasteiger charge is -2.30. The highest BCUT2D eigenvalue weighted by atomic mass is 32.2. The fourth-order valence-corrected chi connectivity index (χ4v) is 4.87. The van der Waals surface area contributed by atoms with Crippen molar-refractivity contribution in [2.45, 2.75) is 18.2 Å². The number of aryl methyl sites for hydroxylation is 1. The highest BCUT2D eigenvalue weighted by Gasteiger charge is 2.30. The molecule has 0 aliphatic carbocycles. The van der Waals surface area contributed by atoms with Crippen LogP contribution in [0, 0.1) is 18.6 Å². The first-order valence-electron chi connectivity index (χ1n) is 5.75. The number of hydrogen-bond acceptors (Lipinski definition) is 4. The van der Waals surface area contributed by atoms with Crippen molar-refractivity contribution in [3.05, 3.63) is 34.9 Å². The van der Waals surface area contributed by atoms with E-state index in [-0.39, 0.29) is 10.8 Å². The maximum atomic E-state index is 14.1. The molecule has 2 rings (SSSR count). The standard InChI is InChI=1S/C12H16F2N2S2/c1-7-2-3-8(13)10(11(7)14)12(16-15)9-6-17-4-5-18-9/h2-3,9,12,16H,4-6,15H2,1H3. The summed E-state index contributed by atoms with van der Waals surface area (Å²) >= 11 is 3.51. The molecule has 0 aromatic heterocycles. The monoisotopic (exact) mass is 290 g/mol. The second-order valence-electron chi connectivity index (χ2n) is 4.22. The summed E-state index contributed by atoms with van der Waals surface area (Å²) in [6.07, 6.45) is 0. The number of thioether (sulfide) groups is 2. The zero-order chi connectivity index (χ0) is 13.1. The van der Waals surface area contributed by atoms with Gasteiger partial charge in [0.1, 0.15) is 11.6 Å². The molecule has 18 heavy (non-hydrogen) atoms. The van der Waals surface area contributed by atoms with Gasteiger partial charge in [-0.2, -0.15) is 23.5 Å². The van der Waals surface area contributed by atoms with E-state index in [1.165, 1.54) is 12.1 Å². The number of halogens is 2. The van der Waals surface area contributed by atoms with E-state index >= 15 is 0 Å². The third kappa shape index (κ3) is 2.82. The molecule has 1 aliphatic heterocycles. The lowest BCUT2D eigenvalue weighted by atomic mass is 10.0. The summed E-state index contributed by atoms with van der Waals surface area (Å²) in [6, 6.07) is 2.27. The molecule has 0 spiro atoms. The topological polar surface area (TPSA) is 38.0 Å². The molecule has 2 atom stereocenters. The minimum Gasteiger partial charge on any atom is -0.271 e. The van der Waals surface area contributed by atoms with Crippen molar-refractivity contribution in [2.24, 2.45) is 5.84 Å². The van der Waals surface area contributed by atoms with Crippen molar-refractivity contribution in [2.75, 3.05) is 17.3 Å². The van der Waals surface area contributed by atoms with Crippen molar-refractivity contribution >= 4 is 23.5 Å². The Labute approximate surface area is 114 Å². The fraction of sp³-hybridized carbons (Fsp3) is 0.500. The van der Waals surface area contributed by atoms with Gasteiger partial charge in [-0.3, -0.25) is 11.3 Å². The largest absolute Gasteiger partial charge is 0.271 e. The van der Waals surface area contributed by atoms with E-state index in [0.29, 0.717) is 5.56 Å². The van der Waals surface area contributed by atoms with Crippen LogP contribution in [-0.2, 0) is 0 Å². The molecule has 3 N–H and O–H groups in total. The molecule has 1 aromatic carbocycles. The van der Waals surface area contributed by atoms with Gasteiger partial charge in [-0.05, 0) is 18.6 Å². The lowest BCUT2D eigenvalue weighted by Crippen LogP contribution is -2.39. The minimum atomic E-state index is -0.530. The average molecular weight is 290 g/mol. The quantitative estimate of drug-likeness (QED) is 0.663. The van der Waals surface area contributed by atoms with Crippen molar-refractivity contribution in [1.29, 1.82) is 0 Å². The van der Waals surface area contributed by atoms with Crippen LogP contribution >= 0.6 is 23.5 Å². The smallest absolute Gasteiger partial charge is 0.133 e. The Balaban J connectivity index is 2.34. The van der Waals surface area contributed by atoms with Crippen LogP contribution in [0.4, 0.5) is 8.78 Å². The summed E-state index contributed by atoms with van der Waals surface area (Å²) in [5, 5.41) is 0.0968. The van der Waals surface area contributed by atoms with E-state index in [9.17, 15) is 8.78 Å². The van der Waals surface area contributed by atoms with Gasteiger partial charge >= 0.3 is 0 Å². The number of benzene rings is 1. The molecule has 0 amide bonds. The van der Waals surface area contributed by atoms with Crippen LogP contribution in [0.15, 0.2) is 12.1 Å². The van der Waals surface area contributed by atoms with Crippen LogP contribution in [-0.4, -0.2) is 22.5 Å². The van der Waals surface area contributed by atoms with E-state index in [2.05, 4.69) is 5.43 Å². The van der Waals surface area contributed by atoms with Crippen molar-refractivity contribution in [1.82, 2.24) is 5.43 Å². The zero-order valence-corrected chi connectivity index (χ0v) is 11.7. The third-order valence-corrected chi connectivity index (χ3v) is 5.89. The molecule has 100 valence electrons. The Morgan fingerprint density at radius 1 is 1.39 bits per heavy atom. The van der Waals surface area contributed by atoms with Gasteiger partial charge in [-0.25, -0.2) is 8.78 Å². The average Bonchev–Trinajstić information content (AvgIpc) is 2.40. The van der Waals surface area contributed by atoms with Crippen LogP contribution < -0.4 is 11.3 Å². The number of hydrazine groups is 1. The van der Waals surface area contributed by atoms with Gasteiger partial charge in [0.05, 0.1) is 6.04 Å². The molecular weight excluding hydrogens is 274 g/mol. The summed E-state index contributed by atoms with van der Waals surface area (Å²) in [5.41, 5.74) is 3.09. The predicted octanol–water partition coefficient (Wildman–Crippen LogP) is 2.63. The van der Waals surface area contributed by atoms with Gasteiger partial charge in [0.25, 0.3) is 0 Å². The summed E-state index contributed by atoms with van der Waals surface area (Å²) in [7, 11) is 0. The minimum absolute atomic E-state index is 0.0671. The maximum absolute atomic E-state index is 14.1. The second-order valence-corrected chi connectivity index (χ2v) is 6.72. The van der Waals surface area contributed by atoms with E-state index in [1.54, 1.807) is 30.4 Å². The molecule has 1 heterocycles. The molecular formula is C12H16F2N2S2. The van der Waals surface area contributed by atoms with Crippen molar-refractivity contribution in [3.8, 4) is 0 Å². The van der Waals surface area contributed by atoms with Crippen molar-refractivity contribution < 1.29 is 8.78 Å². The van der Waals surface area contributed by atoms with Crippen LogP contribution in [0.2, 0.25) is 0 Å². The molecule has 1 fully saturated rings. The molecule has 0 radical (unpaired) electrons. The second kappa shape index (κ2) is 6.23. The first-order valence-corrected chi connectivity index (χ1v) is 7.95. The number of rotatable bonds is 3. The third-order valence-electron chi connectivity index (χ3n) is 3.02. The molecule has 2 unspecified atom stereocenters. The zero-order valence-electron chi connectivity index (χ0n) is 10.1. The van der Waals surface area contributed by atoms with Crippen LogP contribution in [0.3, 0.4) is 0 Å². The number of nitrogens with one attached hydrogen (secondary N) is 1. The Morgan fingerprint density at radius 3 is 2.78 bits per heavy atom. The molecule has 1 aromatic rings. The molecule has 1 aliphatic rings. The van der Waals surface area contributed by atoms with E-state index in [4.69, 9.17) is 5.84 Å². The molecule has 2 nitrogen and oxygen atoms in total. The summed E-state index contributed by atoms with van der Waals surface area (Å²) < 4.78 is 28.0. The van der Waals surface area contributed by atoms with Gasteiger partial charge in [0.15, 0.2) is 0 Å². The first-order chi connectivity index (χ1) is 8.65. The SMILES string of the molecule is Cc1ccc(F)c(C(NN)C2CSCCS2)c1F. The molecule has 6 heteroatoms. The van der Waals surface area contributed by atoms with Crippen LogP contribution in [0.5, 0.6) is 0 Å². The fourth-order valence-electron chi connectivity index (χ4n) is 2.04. The summed E-state index contributed by atoms with van der Waals surface area (Å²) in [4.78, 5) is 0. The Hall–Kier alpha value is -0.300. The van der Waals surface area contributed by atoms with E-state index < -0.39 is 17.7 Å². The number of nitrogens with two attached hydrogens (primary N) is 1. The first kappa shape index (κ1) is 14.1. The van der Waals surface area contributed by atoms with Gasteiger partial charge in [0.2, 0.25) is 0 Å². The van der Waals surface area contributed by atoms with E-state index in [1.807, 2.05) is 0 Å². The predicted molar refractivity (Wildman–Crippen MR) is 74.7 cm³/mol. The molecule has 0 saturated carbocycles. The van der Waals surface area contributed by atoms with Gasteiger partial charge < -0.3 is 0 Å². The highest BCUT2D eigenvalue weighted by Crippen LogP contribution is 2.35. The van der Waals surface area contributed by atoms with Gasteiger partial charge in [-0.15, -0.1) is 0 Å². The summed E-state index contributed by atoms with van der Waals surface area (Å²) in [6.45, 7) is 1.63.